The average molecular weight is 178 g/mol. The van der Waals surface area contributed by atoms with Gasteiger partial charge in [-0.25, -0.2) is 0 Å². The molecule has 3 heteroatoms. The van der Waals surface area contributed by atoms with Gasteiger partial charge in [-0.3, -0.25) is 4.79 Å². The molecule has 0 bridgehead atoms. The zero-order chi connectivity index (χ0) is 9.68. The van der Waals surface area contributed by atoms with Crippen molar-refractivity contribution in [1.82, 2.24) is 0 Å². The molecule has 1 unspecified atom stereocenters. The normalized spacial score (nSPS) is 12.2. The number of rotatable bonds is 3. The fourth-order valence-corrected chi connectivity index (χ4v) is 0.894. The summed E-state index contributed by atoms with van der Waals surface area (Å²) < 4.78 is 0. The number of hydrogen-bond acceptors (Lipinski definition) is 2. The maximum atomic E-state index is 11.4. The summed E-state index contributed by atoms with van der Waals surface area (Å²) in [6.45, 7) is 2.18. The van der Waals surface area contributed by atoms with Gasteiger partial charge in [-0.2, -0.15) is 0 Å². The number of hydrogen-bond donors (Lipinski definition) is 2. The lowest BCUT2D eigenvalue weighted by molar-refractivity contribution is -0.119. The molecule has 1 aromatic rings. The van der Waals surface area contributed by atoms with Crippen LogP contribution in [0, 0.1) is 5.92 Å². The molecule has 0 saturated carbocycles. The van der Waals surface area contributed by atoms with E-state index in [-0.39, 0.29) is 11.8 Å². The van der Waals surface area contributed by atoms with Gasteiger partial charge in [-0.1, -0.05) is 25.1 Å². The van der Waals surface area contributed by atoms with E-state index in [0.717, 1.165) is 5.69 Å². The second kappa shape index (κ2) is 4.62. The molecule has 0 aliphatic carbocycles. The van der Waals surface area contributed by atoms with Gasteiger partial charge in [0, 0.05) is 18.2 Å². The Labute approximate surface area is 77.9 Å². The number of para-hydroxylation sites is 1. The summed E-state index contributed by atoms with van der Waals surface area (Å²) in [7, 11) is 0. The number of nitrogens with two attached hydrogens (primary N) is 1. The molecule has 0 fully saturated rings. The molecule has 0 aliphatic rings. The summed E-state index contributed by atoms with van der Waals surface area (Å²) in [6, 6.07) is 9.36. The van der Waals surface area contributed by atoms with Crippen LogP contribution in [0.15, 0.2) is 30.3 Å². The molecule has 0 heterocycles. The highest BCUT2D eigenvalue weighted by atomic mass is 16.1. The van der Waals surface area contributed by atoms with Crippen LogP contribution in [0.1, 0.15) is 6.92 Å². The fraction of sp³-hybridized carbons (Fsp3) is 0.300. The van der Waals surface area contributed by atoms with Gasteiger partial charge in [0.2, 0.25) is 5.91 Å². The molecule has 0 radical (unpaired) electrons. The van der Waals surface area contributed by atoms with Crippen LogP contribution in [0.3, 0.4) is 0 Å². The molecule has 3 nitrogen and oxygen atoms in total. The zero-order valence-electron chi connectivity index (χ0n) is 7.66. The molecule has 0 spiro atoms. The van der Waals surface area contributed by atoms with Crippen molar-refractivity contribution in [2.75, 3.05) is 11.9 Å². The molecule has 0 aromatic heterocycles. The Balaban J connectivity index is 2.55. The van der Waals surface area contributed by atoms with Crippen molar-refractivity contribution in [2.24, 2.45) is 11.7 Å². The average Bonchev–Trinajstić information content (AvgIpc) is 2.18. The Hall–Kier alpha value is -1.35. The van der Waals surface area contributed by atoms with Crippen LogP contribution in [-0.2, 0) is 4.79 Å². The van der Waals surface area contributed by atoms with Gasteiger partial charge < -0.3 is 11.1 Å². The van der Waals surface area contributed by atoms with E-state index in [0.29, 0.717) is 6.54 Å². The predicted octanol–water partition coefficient (Wildman–Crippen LogP) is 1.22. The first-order valence-electron chi connectivity index (χ1n) is 4.30. The van der Waals surface area contributed by atoms with Crippen molar-refractivity contribution in [3.63, 3.8) is 0 Å². The van der Waals surface area contributed by atoms with Gasteiger partial charge in [-0.15, -0.1) is 0 Å². The van der Waals surface area contributed by atoms with Crippen molar-refractivity contribution in [3.05, 3.63) is 30.3 Å². The largest absolute Gasteiger partial charge is 0.330 e. The second-order valence-corrected chi connectivity index (χ2v) is 2.99. The number of anilines is 1. The Morgan fingerprint density at radius 1 is 1.46 bits per heavy atom. The minimum atomic E-state index is -0.139. The summed E-state index contributed by atoms with van der Waals surface area (Å²) >= 11 is 0. The monoisotopic (exact) mass is 178 g/mol. The van der Waals surface area contributed by atoms with Crippen LogP contribution in [0.4, 0.5) is 5.69 Å². The lowest BCUT2D eigenvalue weighted by atomic mass is 10.1. The van der Waals surface area contributed by atoms with Crippen LogP contribution < -0.4 is 11.1 Å². The smallest absolute Gasteiger partial charge is 0.228 e. The van der Waals surface area contributed by atoms with E-state index in [9.17, 15) is 4.79 Å². The van der Waals surface area contributed by atoms with E-state index in [1.165, 1.54) is 0 Å². The van der Waals surface area contributed by atoms with Crippen molar-refractivity contribution >= 4 is 11.6 Å². The van der Waals surface area contributed by atoms with Crippen molar-refractivity contribution in [2.45, 2.75) is 6.92 Å². The number of benzene rings is 1. The molecule has 13 heavy (non-hydrogen) atoms. The molecular formula is C10H14N2O. The summed E-state index contributed by atoms with van der Waals surface area (Å²) in [5, 5.41) is 2.77. The molecule has 0 saturated heterocycles. The van der Waals surface area contributed by atoms with Crippen molar-refractivity contribution in [1.29, 1.82) is 0 Å². The Kier molecular flexibility index (Phi) is 3.46. The lowest BCUT2D eigenvalue weighted by Gasteiger charge is -2.09. The molecule has 0 aliphatic heterocycles. The van der Waals surface area contributed by atoms with E-state index in [4.69, 9.17) is 5.73 Å². The Morgan fingerprint density at radius 2 is 2.08 bits per heavy atom. The number of nitrogens with one attached hydrogen (secondary N) is 1. The summed E-state index contributed by atoms with van der Waals surface area (Å²) in [5.41, 5.74) is 6.18. The SMILES string of the molecule is CC(CN)C(=O)Nc1ccccc1. The van der Waals surface area contributed by atoms with Gasteiger partial charge >= 0.3 is 0 Å². The van der Waals surface area contributed by atoms with Crippen LogP contribution in [-0.4, -0.2) is 12.5 Å². The molecule has 1 rings (SSSR count). The van der Waals surface area contributed by atoms with Gasteiger partial charge in [0.1, 0.15) is 0 Å². The minimum Gasteiger partial charge on any atom is -0.330 e. The highest BCUT2D eigenvalue weighted by Gasteiger charge is 2.09. The minimum absolute atomic E-state index is 0.0336. The van der Waals surface area contributed by atoms with Crippen molar-refractivity contribution < 1.29 is 4.79 Å². The number of carbonyl (C=O) groups excluding carboxylic acids is 1. The third-order valence-electron chi connectivity index (χ3n) is 1.84. The van der Waals surface area contributed by atoms with Crippen LogP contribution in [0.25, 0.3) is 0 Å². The molecular weight excluding hydrogens is 164 g/mol. The summed E-state index contributed by atoms with van der Waals surface area (Å²) in [4.78, 5) is 11.4. The molecule has 70 valence electrons. The van der Waals surface area contributed by atoms with Gasteiger partial charge in [0.05, 0.1) is 0 Å². The maximum absolute atomic E-state index is 11.4. The number of carbonyl (C=O) groups is 1. The van der Waals surface area contributed by atoms with Crippen LogP contribution in [0.2, 0.25) is 0 Å². The Bertz CT molecular complexity index is 272. The summed E-state index contributed by atoms with van der Waals surface area (Å²) in [6.07, 6.45) is 0. The lowest BCUT2D eigenvalue weighted by Crippen LogP contribution is -2.26. The van der Waals surface area contributed by atoms with Gasteiger partial charge in [0.15, 0.2) is 0 Å². The predicted molar refractivity (Wildman–Crippen MR) is 53.3 cm³/mol. The van der Waals surface area contributed by atoms with Gasteiger partial charge in [0.25, 0.3) is 0 Å². The quantitative estimate of drug-likeness (QED) is 0.731. The van der Waals surface area contributed by atoms with Crippen LogP contribution >= 0.6 is 0 Å². The van der Waals surface area contributed by atoms with Crippen LogP contribution in [0.5, 0.6) is 0 Å². The highest BCUT2D eigenvalue weighted by Crippen LogP contribution is 2.06. The first-order chi connectivity index (χ1) is 6.24. The third-order valence-corrected chi connectivity index (χ3v) is 1.84. The van der Waals surface area contributed by atoms with Gasteiger partial charge in [-0.05, 0) is 12.1 Å². The molecule has 1 aromatic carbocycles. The Morgan fingerprint density at radius 3 is 2.62 bits per heavy atom. The third kappa shape index (κ3) is 2.87. The van der Waals surface area contributed by atoms with Crippen molar-refractivity contribution in [3.8, 4) is 0 Å². The summed E-state index contributed by atoms with van der Waals surface area (Å²) in [5.74, 6) is -0.172. The molecule has 1 amide bonds. The van der Waals surface area contributed by atoms with E-state index >= 15 is 0 Å². The zero-order valence-corrected chi connectivity index (χ0v) is 7.66. The standard InChI is InChI=1S/C10H14N2O/c1-8(7-11)10(13)12-9-5-3-2-4-6-9/h2-6,8H,7,11H2,1H3,(H,12,13). The topological polar surface area (TPSA) is 55.1 Å². The molecule has 3 N–H and O–H groups in total. The first kappa shape index (κ1) is 9.74. The van der Waals surface area contributed by atoms with E-state index < -0.39 is 0 Å². The number of amides is 1. The highest BCUT2D eigenvalue weighted by molar-refractivity contribution is 5.92. The fourth-order valence-electron chi connectivity index (χ4n) is 0.894. The maximum Gasteiger partial charge on any atom is 0.228 e. The van der Waals surface area contributed by atoms with E-state index in [1.54, 1.807) is 6.92 Å². The second-order valence-electron chi connectivity index (χ2n) is 2.99. The molecule has 1 atom stereocenters. The first-order valence-corrected chi connectivity index (χ1v) is 4.30. The van der Waals surface area contributed by atoms with E-state index in [1.807, 2.05) is 30.3 Å². The van der Waals surface area contributed by atoms with E-state index in [2.05, 4.69) is 5.32 Å².